The molecule has 16 heavy (non-hydrogen) atoms. The molecular formula is C15H30O. The Kier molecular flexibility index (Phi) is 7.92. The van der Waals surface area contributed by atoms with E-state index in [1.165, 1.54) is 70.6 Å². The lowest BCUT2D eigenvalue weighted by atomic mass is 10.0. The van der Waals surface area contributed by atoms with Gasteiger partial charge in [0.25, 0.3) is 0 Å². The summed E-state index contributed by atoms with van der Waals surface area (Å²) in [5.74, 6) is 0. The highest BCUT2D eigenvalue weighted by Gasteiger charge is 2.19. The second-order valence-corrected chi connectivity index (χ2v) is 5.30. The molecule has 0 spiro atoms. The van der Waals surface area contributed by atoms with E-state index in [0.717, 1.165) is 0 Å². The average Bonchev–Trinajstić information content (AvgIpc) is 2.51. The largest absolute Gasteiger partial charge is 0.375 e. The molecule has 0 aliphatic carbocycles. The molecule has 0 aromatic carbocycles. The molecular weight excluding hydrogens is 196 g/mol. The van der Waals surface area contributed by atoms with Crippen molar-refractivity contribution in [1.29, 1.82) is 0 Å². The first kappa shape index (κ1) is 14.0. The Morgan fingerprint density at radius 2 is 1.50 bits per heavy atom. The summed E-state index contributed by atoms with van der Waals surface area (Å²) in [5.41, 5.74) is 0. The summed E-state index contributed by atoms with van der Waals surface area (Å²) in [6.07, 6.45) is 15.9. The minimum absolute atomic E-state index is 0.573. The number of hydrogen-bond donors (Lipinski definition) is 0. The number of rotatable bonds is 7. The van der Waals surface area contributed by atoms with Crippen molar-refractivity contribution in [3.05, 3.63) is 0 Å². The van der Waals surface area contributed by atoms with Crippen LogP contribution < -0.4 is 0 Å². The van der Waals surface area contributed by atoms with E-state index < -0.39 is 0 Å². The average molecular weight is 226 g/mol. The predicted molar refractivity (Wildman–Crippen MR) is 70.8 cm³/mol. The number of hydrogen-bond acceptors (Lipinski definition) is 1. The SMILES string of the molecule is CCCCCC[C@H]1CCCC[C@@H](CCC)O1. The number of ether oxygens (including phenoxy) is 1. The summed E-state index contributed by atoms with van der Waals surface area (Å²) in [7, 11) is 0. The zero-order valence-corrected chi connectivity index (χ0v) is 11.3. The van der Waals surface area contributed by atoms with Gasteiger partial charge in [0.05, 0.1) is 12.2 Å². The van der Waals surface area contributed by atoms with Gasteiger partial charge in [-0.2, -0.15) is 0 Å². The molecule has 0 radical (unpaired) electrons. The lowest BCUT2D eigenvalue weighted by Crippen LogP contribution is -2.19. The smallest absolute Gasteiger partial charge is 0.0578 e. The maximum atomic E-state index is 6.23. The van der Waals surface area contributed by atoms with Crippen LogP contribution in [0.25, 0.3) is 0 Å². The van der Waals surface area contributed by atoms with E-state index in [-0.39, 0.29) is 0 Å². The summed E-state index contributed by atoms with van der Waals surface area (Å²) >= 11 is 0. The molecule has 1 aliphatic heterocycles. The van der Waals surface area contributed by atoms with E-state index in [0.29, 0.717) is 12.2 Å². The summed E-state index contributed by atoms with van der Waals surface area (Å²) in [4.78, 5) is 0. The van der Waals surface area contributed by atoms with E-state index in [1.807, 2.05) is 0 Å². The first-order chi connectivity index (χ1) is 7.86. The van der Waals surface area contributed by atoms with Gasteiger partial charge in [0.1, 0.15) is 0 Å². The van der Waals surface area contributed by atoms with Crippen LogP contribution in [0.4, 0.5) is 0 Å². The highest BCUT2D eigenvalue weighted by atomic mass is 16.5. The van der Waals surface area contributed by atoms with Gasteiger partial charge in [-0.15, -0.1) is 0 Å². The second-order valence-electron chi connectivity index (χ2n) is 5.30. The molecule has 0 N–H and O–H groups in total. The second kappa shape index (κ2) is 9.04. The third kappa shape index (κ3) is 5.89. The first-order valence-corrected chi connectivity index (χ1v) is 7.52. The van der Waals surface area contributed by atoms with E-state index >= 15 is 0 Å². The fourth-order valence-electron chi connectivity index (χ4n) is 2.70. The molecule has 96 valence electrons. The van der Waals surface area contributed by atoms with Gasteiger partial charge >= 0.3 is 0 Å². The molecule has 0 aromatic rings. The molecule has 1 nitrogen and oxygen atoms in total. The highest BCUT2D eigenvalue weighted by molar-refractivity contribution is 4.69. The normalized spacial score (nSPS) is 26.6. The topological polar surface area (TPSA) is 9.23 Å². The van der Waals surface area contributed by atoms with Crippen molar-refractivity contribution in [2.45, 2.75) is 96.7 Å². The van der Waals surface area contributed by atoms with Gasteiger partial charge in [0.2, 0.25) is 0 Å². The van der Waals surface area contributed by atoms with Gasteiger partial charge in [-0.05, 0) is 25.7 Å². The maximum absolute atomic E-state index is 6.23. The quantitative estimate of drug-likeness (QED) is 0.550. The van der Waals surface area contributed by atoms with Crippen molar-refractivity contribution in [3.63, 3.8) is 0 Å². The van der Waals surface area contributed by atoms with Crippen molar-refractivity contribution in [2.24, 2.45) is 0 Å². The first-order valence-electron chi connectivity index (χ1n) is 7.52. The van der Waals surface area contributed by atoms with E-state index in [4.69, 9.17) is 4.74 Å². The molecule has 0 saturated carbocycles. The minimum Gasteiger partial charge on any atom is -0.375 e. The van der Waals surface area contributed by atoms with Crippen LogP contribution >= 0.6 is 0 Å². The fourth-order valence-corrected chi connectivity index (χ4v) is 2.70. The van der Waals surface area contributed by atoms with Crippen molar-refractivity contribution < 1.29 is 4.74 Å². The monoisotopic (exact) mass is 226 g/mol. The molecule has 0 bridgehead atoms. The van der Waals surface area contributed by atoms with E-state index in [2.05, 4.69) is 13.8 Å². The Morgan fingerprint density at radius 3 is 2.12 bits per heavy atom. The van der Waals surface area contributed by atoms with Crippen LogP contribution in [0.2, 0.25) is 0 Å². The van der Waals surface area contributed by atoms with Gasteiger partial charge in [0.15, 0.2) is 0 Å². The summed E-state index contributed by atoms with van der Waals surface area (Å²) in [6.45, 7) is 4.55. The van der Waals surface area contributed by atoms with Crippen LogP contribution in [0.15, 0.2) is 0 Å². The molecule has 0 unspecified atom stereocenters. The Labute approximate surface area is 102 Å². The van der Waals surface area contributed by atoms with Crippen molar-refractivity contribution >= 4 is 0 Å². The Hall–Kier alpha value is -0.0400. The lowest BCUT2D eigenvalue weighted by molar-refractivity contribution is -0.0175. The molecule has 1 saturated heterocycles. The number of unbranched alkanes of at least 4 members (excludes halogenated alkanes) is 3. The maximum Gasteiger partial charge on any atom is 0.0578 e. The Morgan fingerprint density at radius 1 is 0.812 bits per heavy atom. The van der Waals surface area contributed by atoms with Crippen LogP contribution in [0.5, 0.6) is 0 Å². The summed E-state index contributed by atoms with van der Waals surface area (Å²) in [6, 6.07) is 0. The Bertz CT molecular complexity index is 156. The molecule has 2 atom stereocenters. The van der Waals surface area contributed by atoms with Crippen molar-refractivity contribution in [1.82, 2.24) is 0 Å². The molecule has 0 amide bonds. The van der Waals surface area contributed by atoms with Crippen LogP contribution in [-0.4, -0.2) is 12.2 Å². The zero-order valence-electron chi connectivity index (χ0n) is 11.3. The van der Waals surface area contributed by atoms with Gasteiger partial charge in [0, 0.05) is 0 Å². The van der Waals surface area contributed by atoms with Gasteiger partial charge in [-0.1, -0.05) is 58.8 Å². The fraction of sp³-hybridized carbons (Fsp3) is 1.00. The van der Waals surface area contributed by atoms with E-state index in [1.54, 1.807) is 0 Å². The van der Waals surface area contributed by atoms with Gasteiger partial charge in [-0.25, -0.2) is 0 Å². The molecule has 1 rings (SSSR count). The predicted octanol–water partition coefficient (Wildman–Crippen LogP) is 5.08. The third-order valence-corrected chi connectivity index (χ3v) is 3.68. The summed E-state index contributed by atoms with van der Waals surface area (Å²) in [5, 5.41) is 0. The van der Waals surface area contributed by atoms with Gasteiger partial charge < -0.3 is 4.74 Å². The van der Waals surface area contributed by atoms with E-state index in [9.17, 15) is 0 Å². The molecule has 1 fully saturated rings. The summed E-state index contributed by atoms with van der Waals surface area (Å²) < 4.78 is 6.23. The highest BCUT2D eigenvalue weighted by Crippen LogP contribution is 2.24. The molecule has 1 heteroatoms. The molecule has 1 aliphatic rings. The lowest BCUT2D eigenvalue weighted by Gasteiger charge is -2.21. The third-order valence-electron chi connectivity index (χ3n) is 3.68. The molecule has 0 aromatic heterocycles. The van der Waals surface area contributed by atoms with Crippen LogP contribution in [-0.2, 0) is 4.74 Å². The van der Waals surface area contributed by atoms with Crippen molar-refractivity contribution in [2.75, 3.05) is 0 Å². The minimum atomic E-state index is 0.573. The zero-order chi connectivity index (χ0) is 11.6. The molecule has 1 heterocycles. The Balaban J connectivity index is 2.17. The van der Waals surface area contributed by atoms with Crippen LogP contribution in [0, 0.1) is 0 Å². The van der Waals surface area contributed by atoms with Gasteiger partial charge in [-0.3, -0.25) is 0 Å². The standard InChI is InChI=1S/C15H30O/c1-3-5-6-7-11-15-13-9-8-12-14(16-15)10-4-2/h14-15H,3-13H2,1-2H3/t14-,15+/m1/s1. The van der Waals surface area contributed by atoms with Crippen LogP contribution in [0.3, 0.4) is 0 Å². The van der Waals surface area contributed by atoms with Crippen LogP contribution in [0.1, 0.15) is 84.5 Å². The van der Waals surface area contributed by atoms with Crippen molar-refractivity contribution in [3.8, 4) is 0 Å².